The van der Waals surface area contributed by atoms with E-state index in [1.54, 1.807) is 13.8 Å². The standard InChI is InChI=1S/C6H7Cl3N2O3S/c1-3(2)4-10-15(12,13)11-5(14-4)6(7,8)9/h3H,1-2H3. The molecule has 0 aliphatic carbocycles. The van der Waals surface area contributed by atoms with E-state index in [1.807, 2.05) is 0 Å². The minimum Gasteiger partial charge on any atom is -0.422 e. The van der Waals surface area contributed by atoms with Crippen molar-refractivity contribution in [2.24, 2.45) is 14.7 Å². The molecule has 0 N–H and O–H groups in total. The number of nitrogens with zero attached hydrogens (tertiary/aromatic N) is 2. The number of ether oxygens (including phenoxy) is 1. The van der Waals surface area contributed by atoms with Crippen LogP contribution in [0.15, 0.2) is 8.80 Å². The van der Waals surface area contributed by atoms with Crippen LogP contribution in [0, 0.1) is 5.92 Å². The van der Waals surface area contributed by atoms with Crippen LogP contribution in [0.1, 0.15) is 13.8 Å². The van der Waals surface area contributed by atoms with Crippen LogP contribution < -0.4 is 0 Å². The molecule has 0 aromatic rings. The molecule has 1 rings (SSSR count). The van der Waals surface area contributed by atoms with Gasteiger partial charge in [-0.15, -0.1) is 8.80 Å². The zero-order chi connectivity index (χ0) is 11.9. The fraction of sp³-hybridized carbons (Fsp3) is 0.667. The van der Waals surface area contributed by atoms with Gasteiger partial charge in [0.1, 0.15) is 0 Å². The molecule has 1 aliphatic heterocycles. The highest BCUT2D eigenvalue weighted by atomic mass is 35.6. The maximum Gasteiger partial charge on any atom is 0.369 e. The molecule has 0 fully saturated rings. The molecule has 0 unspecified atom stereocenters. The second-order valence-corrected chi connectivity index (χ2v) is 6.57. The molecule has 1 heterocycles. The van der Waals surface area contributed by atoms with Gasteiger partial charge < -0.3 is 4.74 Å². The Morgan fingerprint density at radius 3 is 2.20 bits per heavy atom. The lowest BCUT2D eigenvalue weighted by Crippen LogP contribution is -2.32. The molecule has 0 saturated carbocycles. The predicted molar refractivity (Wildman–Crippen MR) is 60.0 cm³/mol. The fourth-order valence-electron chi connectivity index (χ4n) is 0.708. The first kappa shape index (κ1) is 13.0. The van der Waals surface area contributed by atoms with Crippen LogP contribution in [0.5, 0.6) is 0 Å². The van der Waals surface area contributed by atoms with E-state index in [-0.39, 0.29) is 11.8 Å². The van der Waals surface area contributed by atoms with Gasteiger partial charge in [0, 0.05) is 5.92 Å². The fourth-order valence-corrected chi connectivity index (χ4v) is 2.00. The van der Waals surface area contributed by atoms with Crippen molar-refractivity contribution in [1.29, 1.82) is 0 Å². The Bertz CT molecular complexity index is 421. The lowest BCUT2D eigenvalue weighted by Gasteiger charge is -2.20. The molecule has 0 bridgehead atoms. The molecular formula is C6H7Cl3N2O3S. The summed E-state index contributed by atoms with van der Waals surface area (Å²) in [4.78, 5) is 0. The number of alkyl halides is 3. The first-order chi connectivity index (χ1) is 6.62. The van der Waals surface area contributed by atoms with Crippen LogP contribution in [0.4, 0.5) is 0 Å². The quantitative estimate of drug-likeness (QED) is 0.695. The van der Waals surface area contributed by atoms with Gasteiger partial charge in [0.15, 0.2) is 0 Å². The summed E-state index contributed by atoms with van der Waals surface area (Å²) in [5.74, 6) is -0.810. The topological polar surface area (TPSA) is 68.1 Å². The van der Waals surface area contributed by atoms with Gasteiger partial charge in [0.2, 0.25) is 5.90 Å². The summed E-state index contributed by atoms with van der Waals surface area (Å²) in [6, 6.07) is 0. The molecule has 0 radical (unpaired) electrons. The monoisotopic (exact) mass is 292 g/mol. The van der Waals surface area contributed by atoms with Crippen molar-refractivity contribution in [3.8, 4) is 0 Å². The molecular weight excluding hydrogens is 287 g/mol. The van der Waals surface area contributed by atoms with E-state index in [9.17, 15) is 8.42 Å². The first-order valence-corrected chi connectivity index (χ1v) is 6.35. The molecule has 0 spiro atoms. The summed E-state index contributed by atoms with van der Waals surface area (Å²) < 4.78 is 31.7. The zero-order valence-corrected chi connectivity index (χ0v) is 10.8. The highest BCUT2D eigenvalue weighted by molar-refractivity contribution is 7.89. The molecule has 0 aromatic heterocycles. The Kier molecular flexibility index (Phi) is 3.55. The third kappa shape index (κ3) is 3.48. The van der Waals surface area contributed by atoms with Crippen molar-refractivity contribution in [1.82, 2.24) is 0 Å². The minimum absolute atomic E-state index is 0.0497. The third-order valence-electron chi connectivity index (χ3n) is 1.34. The van der Waals surface area contributed by atoms with Crippen molar-refractivity contribution in [3.05, 3.63) is 0 Å². The third-order valence-corrected chi connectivity index (χ3v) is 2.63. The largest absolute Gasteiger partial charge is 0.422 e. The molecule has 0 aromatic carbocycles. The SMILES string of the molecule is CC(C)C1=NS(=O)(=O)N=C(C(Cl)(Cl)Cl)O1. The Hall–Kier alpha value is -0.0400. The lowest BCUT2D eigenvalue weighted by molar-refractivity contribution is 0.485. The Balaban J connectivity index is 3.15. The van der Waals surface area contributed by atoms with Crippen molar-refractivity contribution in [2.45, 2.75) is 17.6 Å². The van der Waals surface area contributed by atoms with E-state index >= 15 is 0 Å². The molecule has 9 heteroatoms. The van der Waals surface area contributed by atoms with E-state index in [0.717, 1.165) is 0 Å². The highest BCUT2D eigenvalue weighted by Gasteiger charge is 2.37. The van der Waals surface area contributed by atoms with Crippen molar-refractivity contribution < 1.29 is 13.2 Å². The van der Waals surface area contributed by atoms with Crippen molar-refractivity contribution >= 4 is 56.8 Å². The van der Waals surface area contributed by atoms with E-state index < -0.39 is 19.9 Å². The maximum absolute atomic E-state index is 11.2. The average Bonchev–Trinajstić information content (AvgIpc) is 1.99. The second kappa shape index (κ2) is 4.08. The number of hydrogen-bond donors (Lipinski definition) is 0. The maximum atomic E-state index is 11.2. The average molecular weight is 294 g/mol. The van der Waals surface area contributed by atoms with Gasteiger partial charge >= 0.3 is 10.2 Å². The van der Waals surface area contributed by atoms with Crippen LogP contribution >= 0.6 is 34.8 Å². The van der Waals surface area contributed by atoms with E-state index in [2.05, 4.69) is 8.80 Å². The van der Waals surface area contributed by atoms with Gasteiger partial charge in [-0.3, -0.25) is 0 Å². The molecule has 0 atom stereocenters. The second-order valence-electron chi connectivity index (χ2n) is 3.03. The van der Waals surface area contributed by atoms with Gasteiger partial charge in [-0.1, -0.05) is 48.7 Å². The van der Waals surface area contributed by atoms with E-state index in [4.69, 9.17) is 39.5 Å². The van der Waals surface area contributed by atoms with Crippen molar-refractivity contribution in [3.63, 3.8) is 0 Å². The van der Waals surface area contributed by atoms with Gasteiger partial charge in [0.05, 0.1) is 0 Å². The van der Waals surface area contributed by atoms with Crippen LogP contribution in [-0.2, 0) is 14.9 Å². The van der Waals surface area contributed by atoms with Gasteiger partial charge in [-0.2, -0.15) is 8.42 Å². The van der Waals surface area contributed by atoms with E-state index in [1.165, 1.54) is 0 Å². The van der Waals surface area contributed by atoms with Crippen molar-refractivity contribution in [2.75, 3.05) is 0 Å². The van der Waals surface area contributed by atoms with Crippen LogP contribution in [0.25, 0.3) is 0 Å². The van der Waals surface area contributed by atoms with Crippen LogP contribution in [0.2, 0.25) is 0 Å². The molecule has 5 nitrogen and oxygen atoms in total. The number of hydrogen-bond acceptors (Lipinski definition) is 3. The molecule has 1 aliphatic rings. The van der Waals surface area contributed by atoms with E-state index in [0.29, 0.717) is 0 Å². The Morgan fingerprint density at radius 2 is 1.80 bits per heavy atom. The summed E-state index contributed by atoms with van der Waals surface area (Å²) in [7, 11) is -4.01. The van der Waals surface area contributed by atoms with Crippen LogP contribution in [0.3, 0.4) is 0 Å². The first-order valence-electron chi connectivity index (χ1n) is 3.81. The summed E-state index contributed by atoms with van der Waals surface area (Å²) in [6.07, 6.45) is 0. The smallest absolute Gasteiger partial charge is 0.369 e. The summed E-state index contributed by atoms with van der Waals surface area (Å²) in [5, 5.41) is 0. The molecule has 0 saturated heterocycles. The lowest BCUT2D eigenvalue weighted by atomic mass is 10.2. The normalized spacial score (nSPS) is 20.7. The van der Waals surface area contributed by atoms with Gasteiger partial charge in [-0.25, -0.2) is 0 Å². The summed E-state index contributed by atoms with van der Waals surface area (Å²) >= 11 is 16.4. The summed E-state index contributed by atoms with van der Waals surface area (Å²) in [6.45, 7) is 3.38. The number of halogens is 3. The minimum atomic E-state index is -4.01. The molecule has 0 amide bonds. The summed E-state index contributed by atoms with van der Waals surface area (Å²) in [5.41, 5.74) is 0. The molecule has 15 heavy (non-hydrogen) atoms. The van der Waals surface area contributed by atoms with Crippen LogP contribution in [-0.4, -0.2) is 24.0 Å². The predicted octanol–water partition coefficient (Wildman–Crippen LogP) is 2.08. The molecule has 86 valence electrons. The Morgan fingerprint density at radius 1 is 1.27 bits per heavy atom. The van der Waals surface area contributed by atoms with Gasteiger partial charge in [0.25, 0.3) is 9.69 Å². The number of rotatable bonds is 1. The zero-order valence-electron chi connectivity index (χ0n) is 7.74. The Labute approximate surface area is 102 Å². The highest BCUT2D eigenvalue weighted by Crippen LogP contribution is 2.31. The van der Waals surface area contributed by atoms with Gasteiger partial charge in [-0.05, 0) is 0 Å².